The first-order chi connectivity index (χ1) is 14.7. The quantitative estimate of drug-likeness (QED) is 0.783. The summed E-state index contributed by atoms with van der Waals surface area (Å²) in [5.41, 5.74) is 0.608. The maximum absolute atomic E-state index is 12.9. The average molecular weight is 444 g/mol. The summed E-state index contributed by atoms with van der Waals surface area (Å²) in [6.45, 7) is 3.53. The maximum atomic E-state index is 12.9. The van der Waals surface area contributed by atoms with Crippen molar-refractivity contribution in [3.63, 3.8) is 0 Å². The van der Waals surface area contributed by atoms with Gasteiger partial charge in [0.05, 0.1) is 11.4 Å². The first-order valence-electron chi connectivity index (χ1n) is 9.79. The van der Waals surface area contributed by atoms with E-state index >= 15 is 0 Å². The molecule has 31 heavy (non-hydrogen) atoms. The molecule has 0 spiro atoms. The summed E-state index contributed by atoms with van der Waals surface area (Å²) >= 11 is 6.10. The highest BCUT2D eigenvalue weighted by Crippen LogP contribution is 2.39. The van der Waals surface area contributed by atoms with Crippen LogP contribution in [0.3, 0.4) is 0 Å². The van der Waals surface area contributed by atoms with Gasteiger partial charge >= 0.3 is 0 Å². The topological polar surface area (TPSA) is 88.2 Å². The Morgan fingerprint density at radius 3 is 2.65 bits per heavy atom. The van der Waals surface area contributed by atoms with Crippen LogP contribution in [0.25, 0.3) is 0 Å². The van der Waals surface area contributed by atoms with E-state index in [9.17, 15) is 14.4 Å². The Kier molecular flexibility index (Phi) is 5.26. The van der Waals surface area contributed by atoms with Gasteiger partial charge in [0.1, 0.15) is 11.5 Å². The zero-order valence-electron chi connectivity index (χ0n) is 17.4. The third kappa shape index (κ3) is 4.03. The van der Waals surface area contributed by atoms with Gasteiger partial charge in [0.25, 0.3) is 11.8 Å². The predicted octanol–water partition coefficient (Wildman–Crippen LogP) is 3.23. The normalized spacial score (nSPS) is 16.8. The number of hydrogen-bond donors (Lipinski definition) is 1. The van der Waals surface area contributed by atoms with Crippen LogP contribution >= 0.6 is 11.6 Å². The van der Waals surface area contributed by atoms with Gasteiger partial charge in [-0.05, 0) is 50.2 Å². The first-order valence-corrected chi connectivity index (χ1v) is 10.2. The number of rotatable bonds is 4. The molecule has 9 heteroatoms. The molecule has 2 aliphatic heterocycles. The van der Waals surface area contributed by atoms with Crippen LogP contribution in [0.2, 0.25) is 5.02 Å². The number of halogens is 1. The number of carbonyl (C=O) groups excluding carboxylic acids is 3. The number of fused-ring (bicyclic) bond motifs is 2. The molecule has 0 fully saturated rings. The van der Waals surface area contributed by atoms with Gasteiger partial charge < -0.3 is 24.6 Å². The SMILES string of the molecule is CN1C(=O)COc2ccc(NC(=O)CCN3C(=O)C(C)(C)Oc4ccc(Cl)cc43)cc21. The second kappa shape index (κ2) is 7.77. The predicted molar refractivity (Wildman–Crippen MR) is 117 cm³/mol. The lowest BCUT2D eigenvalue weighted by atomic mass is 10.0. The summed E-state index contributed by atoms with van der Waals surface area (Å²) in [7, 11) is 1.66. The third-order valence-corrected chi connectivity index (χ3v) is 5.46. The van der Waals surface area contributed by atoms with Crippen LogP contribution in [-0.2, 0) is 14.4 Å². The highest BCUT2D eigenvalue weighted by Gasteiger charge is 2.41. The summed E-state index contributed by atoms with van der Waals surface area (Å²) in [5.74, 6) is 0.431. The fourth-order valence-electron chi connectivity index (χ4n) is 3.55. The van der Waals surface area contributed by atoms with Crippen LogP contribution in [0, 0.1) is 0 Å². The van der Waals surface area contributed by atoms with Crippen LogP contribution < -0.4 is 24.6 Å². The molecule has 0 aromatic heterocycles. The minimum atomic E-state index is -1.05. The molecular weight excluding hydrogens is 422 g/mol. The van der Waals surface area contributed by atoms with E-state index in [1.165, 1.54) is 9.80 Å². The Balaban J connectivity index is 1.47. The van der Waals surface area contributed by atoms with Crippen molar-refractivity contribution >= 4 is 46.4 Å². The summed E-state index contributed by atoms with van der Waals surface area (Å²) in [6.07, 6.45) is 0.0656. The molecule has 2 aliphatic rings. The number of hydrogen-bond acceptors (Lipinski definition) is 5. The molecule has 0 aliphatic carbocycles. The van der Waals surface area contributed by atoms with Gasteiger partial charge in [0.2, 0.25) is 5.91 Å². The van der Waals surface area contributed by atoms with E-state index in [0.29, 0.717) is 33.6 Å². The number of benzene rings is 2. The number of likely N-dealkylation sites (N-methyl/N-ethyl adjacent to an activating group) is 1. The fourth-order valence-corrected chi connectivity index (χ4v) is 3.72. The van der Waals surface area contributed by atoms with Crippen molar-refractivity contribution in [1.29, 1.82) is 0 Å². The minimum Gasteiger partial charge on any atom is -0.482 e. The minimum absolute atomic E-state index is 0.00930. The largest absolute Gasteiger partial charge is 0.482 e. The van der Waals surface area contributed by atoms with Gasteiger partial charge in [-0.1, -0.05) is 11.6 Å². The summed E-state index contributed by atoms with van der Waals surface area (Å²) in [6, 6.07) is 10.2. The molecule has 0 saturated carbocycles. The Bertz CT molecular complexity index is 1080. The van der Waals surface area contributed by atoms with Gasteiger partial charge in [-0.25, -0.2) is 0 Å². The first kappa shape index (κ1) is 21.0. The van der Waals surface area contributed by atoms with Crippen molar-refractivity contribution in [2.45, 2.75) is 25.9 Å². The van der Waals surface area contributed by atoms with Crippen molar-refractivity contribution in [2.24, 2.45) is 0 Å². The van der Waals surface area contributed by atoms with Crippen molar-refractivity contribution in [2.75, 3.05) is 35.3 Å². The number of anilines is 3. The maximum Gasteiger partial charge on any atom is 0.270 e. The molecular formula is C22H22ClN3O5. The zero-order chi connectivity index (χ0) is 22.3. The molecule has 0 bridgehead atoms. The van der Waals surface area contributed by atoms with Crippen LogP contribution in [0.5, 0.6) is 11.5 Å². The van der Waals surface area contributed by atoms with E-state index < -0.39 is 5.60 Å². The number of ether oxygens (including phenoxy) is 2. The van der Waals surface area contributed by atoms with Gasteiger partial charge in [-0.15, -0.1) is 0 Å². The number of nitrogens with zero attached hydrogens (tertiary/aromatic N) is 2. The zero-order valence-corrected chi connectivity index (χ0v) is 18.2. The summed E-state index contributed by atoms with van der Waals surface area (Å²) in [4.78, 5) is 40.3. The van der Waals surface area contributed by atoms with Gasteiger partial charge in [-0.3, -0.25) is 14.4 Å². The Hall–Kier alpha value is -3.26. The van der Waals surface area contributed by atoms with Crippen LogP contribution in [0.4, 0.5) is 17.1 Å². The smallest absolute Gasteiger partial charge is 0.270 e. The number of amides is 3. The lowest BCUT2D eigenvalue weighted by Crippen LogP contribution is -2.53. The lowest BCUT2D eigenvalue weighted by molar-refractivity contribution is -0.132. The third-order valence-electron chi connectivity index (χ3n) is 5.23. The average Bonchev–Trinajstić information content (AvgIpc) is 2.72. The van der Waals surface area contributed by atoms with Crippen LogP contribution in [-0.4, -0.2) is 43.5 Å². The molecule has 0 unspecified atom stereocenters. The molecule has 2 aromatic rings. The number of carbonyl (C=O) groups is 3. The van der Waals surface area contributed by atoms with Gasteiger partial charge in [0.15, 0.2) is 12.2 Å². The van der Waals surface area contributed by atoms with Crippen molar-refractivity contribution < 1.29 is 23.9 Å². The highest BCUT2D eigenvalue weighted by atomic mass is 35.5. The van der Waals surface area contributed by atoms with Gasteiger partial charge in [0, 0.05) is 30.7 Å². The van der Waals surface area contributed by atoms with E-state index in [1.54, 1.807) is 57.3 Å². The van der Waals surface area contributed by atoms with E-state index in [4.69, 9.17) is 21.1 Å². The van der Waals surface area contributed by atoms with Crippen molar-refractivity contribution in [3.05, 3.63) is 41.4 Å². The Labute approximate surface area is 184 Å². The van der Waals surface area contributed by atoms with E-state index in [1.807, 2.05) is 0 Å². The molecule has 0 radical (unpaired) electrons. The standard InChI is InChI=1S/C22H22ClN3O5/c1-22(2)21(29)26(16-10-13(23)4-6-18(16)31-22)9-8-19(27)24-14-5-7-17-15(11-14)25(3)20(28)12-30-17/h4-7,10-11H,8-9,12H2,1-3H3,(H,24,27). The Morgan fingerprint density at radius 2 is 1.87 bits per heavy atom. The monoisotopic (exact) mass is 443 g/mol. The van der Waals surface area contributed by atoms with E-state index in [0.717, 1.165) is 0 Å². The molecule has 3 amide bonds. The van der Waals surface area contributed by atoms with Crippen LogP contribution in [0.1, 0.15) is 20.3 Å². The van der Waals surface area contributed by atoms with E-state index in [-0.39, 0.29) is 37.3 Å². The fraction of sp³-hybridized carbons (Fsp3) is 0.318. The molecule has 1 N–H and O–H groups in total. The Morgan fingerprint density at radius 1 is 1.13 bits per heavy atom. The molecule has 8 nitrogen and oxygen atoms in total. The van der Waals surface area contributed by atoms with Crippen molar-refractivity contribution in [1.82, 2.24) is 0 Å². The molecule has 2 aromatic carbocycles. The summed E-state index contributed by atoms with van der Waals surface area (Å²) in [5, 5.41) is 3.28. The van der Waals surface area contributed by atoms with Crippen LogP contribution in [0.15, 0.2) is 36.4 Å². The van der Waals surface area contributed by atoms with Crippen molar-refractivity contribution in [3.8, 4) is 11.5 Å². The molecule has 4 rings (SSSR count). The summed E-state index contributed by atoms with van der Waals surface area (Å²) < 4.78 is 11.2. The second-order valence-electron chi connectivity index (χ2n) is 7.90. The highest BCUT2D eigenvalue weighted by molar-refractivity contribution is 6.31. The molecule has 162 valence electrons. The lowest BCUT2D eigenvalue weighted by Gasteiger charge is -2.38. The molecule has 0 saturated heterocycles. The van der Waals surface area contributed by atoms with E-state index in [2.05, 4.69) is 5.32 Å². The van der Waals surface area contributed by atoms with Gasteiger partial charge in [-0.2, -0.15) is 0 Å². The molecule has 0 atom stereocenters. The number of nitrogens with one attached hydrogen (secondary N) is 1. The second-order valence-corrected chi connectivity index (χ2v) is 8.34. The molecule has 2 heterocycles.